The summed E-state index contributed by atoms with van der Waals surface area (Å²) < 4.78 is 8.30. The minimum absolute atomic E-state index is 0.0482. The molecule has 4 aromatic rings. The number of hydrogen-bond donors (Lipinski definition) is 1. The van der Waals surface area contributed by atoms with Crippen LogP contribution in [0.25, 0.3) is 21.7 Å². The zero-order valence-corrected chi connectivity index (χ0v) is 15.3. The van der Waals surface area contributed by atoms with E-state index in [1.54, 1.807) is 10.6 Å². The molecule has 0 amide bonds. The maximum atomic E-state index is 11.1. The van der Waals surface area contributed by atoms with Crippen molar-refractivity contribution in [1.29, 1.82) is 0 Å². The van der Waals surface area contributed by atoms with Gasteiger partial charge < -0.3 is 14.4 Å². The third-order valence-corrected chi connectivity index (χ3v) is 4.86. The maximum absolute atomic E-state index is 11.1. The van der Waals surface area contributed by atoms with Crippen LogP contribution < -0.4 is 4.74 Å². The number of rotatable bonds is 5. The summed E-state index contributed by atoms with van der Waals surface area (Å²) in [4.78, 5) is 11.1. The molecule has 0 bridgehead atoms. The van der Waals surface area contributed by atoms with E-state index < -0.39 is 0 Å². The van der Waals surface area contributed by atoms with Crippen molar-refractivity contribution >= 4 is 43.3 Å². The van der Waals surface area contributed by atoms with E-state index >= 15 is 0 Å². The molecule has 0 radical (unpaired) electrons. The Kier molecular flexibility index (Phi) is 4.34. The number of halogens is 1. The van der Waals surface area contributed by atoms with Crippen molar-refractivity contribution in [1.82, 2.24) is 4.57 Å². The maximum Gasteiger partial charge on any atom is 0.222 e. The molecule has 1 heterocycles. The zero-order chi connectivity index (χ0) is 18.1. The Morgan fingerprint density at radius 2 is 1.85 bits per heavy atom. The summed E-state index contributed by atoms with van der Waals surface area (Å²) in [5.41, 5.74) is 0.786. The highest BCUT2D eigenvalue weighted by atomic mass is 79.9. The first-order valence-electron chi connectivity index (χ1n) is 8.13. The van der Waals surface area contributed by atoms with Crippen LogP contribution in [-0.2, 0) is 6.54 Å². The summed E-state index contributed by atoms with van der Waals surface area (Å²) in [6, 6.07) is 19.5. The predicted octanol–water partition coefficient (Wildman–Crippen LogP) is 5.74. The van der Waals surface area contributed by atoms with Gasteiger partial charge in [0.2, 0.25) is 5.88 Å². The van der Waals surface area contributed by atoms with Gasteiger partial charge in [0.1, 0.15) is 12.4 Å². The Morgan fingerprint density at radius 3 is 2.65 bits per heavy atom. The number of hydrogen-bond acceptors (Lipinski definition) is 4. The highest BCUT2D eigenvalue weighted by molar-refractivity contribution is 9.10. The van der Waals surface area contributed by atoms with Crippen LogP contribution in [0.5, 0.6) is 11.6 Å². The fourth-order valence-electron chi connectivity index (χ4n) is 3.12. The normalized spacial score (nSPS) is 11.1. The summed E-state index contributed by atoms with van der Waals surface area (Å²) in [6.45, 7) is 0.746. The second kappa shape index (κ2) is 6.80. The number of aromatic nitrogens is 1. The van der Waals surface area contributed by atoms with Gasteiger partial charge in [0.05, 0.1) is 12.1 Å². The molecule has 0 saturated carbocycles. The number of nitroso groups, excluding NO2 is 1. The van der Waals surface area contributed by atoms with Gasteiger partial charge in [-0.2, -0.15) is 0 Å². The SMILES string of the molecule is O=Nc1c(O)n(CCOc2ccc3ccccc3c2)c2ccc(Br)cc12. The van der Waals surface area contributed by atoms with E-state index in [1.165, 1.54) is 0 Å². The molecule has 1 N–H and O–H groups in total. The molecule has 0 fully saturated rings. The molecule has 0 saturated heterocycles. The molecular weight excluding hydrogens is 396 g/mol. The van der Waals surface area contributed by atoms with Crippen LogP contribution >= 0.6 is 15.9 Å². The Balaban J connectivity index is 1.57. The molecule has 5 nitrogen and oxygen atoms in total. The molecule has 0 atom stereocenters. The van der Waals surface area contributed by atoms with Crippen LogP contribution in [0, 0.1) is 4.91 Å². The first-order valence-corrected chi connectivity index (χ1v) is 8.92. The summed E-state index contributed by atoms with van der Waals surface area (Å²) in [7, 11) is 0. The first kappa shape index (κ1) is 16.6. The van der Waals surface area contributed by atoms with Gasteiger partial charge in [-0.25, -0.2) is 0 Å². The fraction of sp³-hybridized carbons (Fsp3) is 0.100. The Morgan fingerprint density at radius 1 is 1.04 bits per heavy atom. The molecule has 3 aromatic carbocycles. The molecule has 0 spiro atoms. The summed E-state index contributed by atoms with van der Waals surface area (Å²) in [6.07, 6.45) is 0. The lowest BCUT2D eigenvalue weighted by Gasteiger charge is -2.10. The van der Waals surface area contributed by atoms with Gasteiger partial charge in [0.15, 0.2) is 5.69 Å². The highest BCUT2D eigenvalue weighted by Crippen LogP contribution is 2.39. The van der Waals surface area contributed by atoms with Crippen molar-refractivity contribution in [2.24, 2.45) is 5.18 Å². The number of ether oxygens (including phenoxy) is 1. The van der Waals surface area contributed by atoms with Gasteiger partial charge >= 0.3 is 0 Å². The third kappa shape index (κ3) is 2.93. The van der Waals surface area contributed by atoms with E-state index in [0.717, 1.165) is 26.5 Å². The van der Waals surface area contributed by atoms with E-state index in [4.69, 9.17) is 4.74 Å². The van der Waals surface area contributed by atoms with Gasteiger partial charge in [-0.3, -0.25) is 0 Å². The molecule has 0 aliphatic rings. The summed E-state index contributed by atoms with van der Waals surface area (Å²) in [5, 5.41) is 16.2. The van der Waals surface area contributed by atoms with Gasteiger partial charge in [-0.1, -0.05) is 46.3 Å². The fourth-order valence-corrected chi connectivity index (χ4v) is 3.49. The van der Waals surface area contributed by atoms with Crippen LogP contribution in [0.1, 0.15) is 0 Å². The van der Waals surface area contributed by atoms with Crippen molar-refractivity contribution in [3.05, 3.63) is 70.0 Å². The van der Waals surface area contributed by atoms with Crippen LogP contribution in [0.3, 0.4) is 0 Å². The van der Waals surface area contributed by atoms with Gasteiger partial charge in [-0.15, -0.1) is 4.91 Å². The van der Waals surface area contributed by atoms with Gasteiger partial charge in [0.25, 0.3) is 0 Å². The van der Waals surface area contributed by atoms with Gasteiger partial charge in [-0.05, 0) is 46.3 Å². The molecule has 1 aromatic heterocycles. The second-order valence-electron chi connectivity index (χ2n) is 5.93. The largest absolute Gasteiger partial charge is 0.493 e. The number of aromatic hydroxyl groups is 1. The smallest absolute Gasteiger partial charge is 0.222 e. The summed E-state index contributed by atoms with van der Waals surface area (Å²) >= 11 is 3.37. The van der Waals surface area contributed by atoms with Crippen LogP contribution in [0.15, 0.2) is 70.3 Å². The number of nitrogens with zero attached hydrogens (tertiary/aromatic N) is 2. The van der Waals surface area contributed by atoms with Crippen molar-refractivity contribution in [2.75, 3.05) is 6.61 Å². The lowest BCUT2D eigenvalue weighted by molar-refractivity contribution is 0.291. The molecule has 26 heavy (non-hydrogen) atoms. The Hall–Kier alpha value is -2.86. The van der Waals surface area contributed by atoms with Crippen molar-refractivity contribution in [3.63, 3.8) is 0 Å². The Labute approximate surface area is 157 Å². The van der Waals surface area contributed by atoms with Gasteiger partial charge in [0, 0.05) is 9.86 Å². The molecule has 4 rings (SSSR count). The predicted molar refractivity (Wildman–Crippen MR) is 106 cm³/mol. The molecule has 130 valence electrons. The molecule has 0 unspecified atom stereocenters. The second-order valence-corrected chi connectivity index (χ2v) is 6.85. The van der Waals surface area contributed by atoms with Crippen molar-refractivity contribution in [3.8, 4) is 11.6 Å². The quantitative estimate of drug-likeness (QED) is 0.426. The van der Waals surface area contributed by atoms with Crippen molar-refractivity contribution in [2.45, 2.75) is 6.54 Å². The summed E-state index contributed by atoms with van der Waals surface area (Å²) in [5.74, 6) is 0.617. The van der Waals surface area contributed by atoms with Crippen molar-refractivity contribution < 1.29 is 9.84 Å². The number of benzene rings is 3. The number of fused-ring (bicyclic) bond motifs is 2. The molecule has 0 aliphatic heterocycles. The van der Waals surface area contributed by atoms with Crippen LogP contribution in [-0.4, -0.2) is 16.3 Å². The lowest BCUT2D eigenvalue weighted by Crippen LogP contribution is -2.07. The van der Waals surface area contributed by atoms with Crippen LogP contribution in [0.2, 0.25) is 0 Å². The average Bonchev–Trinajstić information content (AvgIpc) is 2.92. The van der Waals surface area contributed by atoms with E-state index in [0.29, 0.717) is 18.5 Å². The average molecular weight is 411 g/mol. The van der Waals surface area contributed by atoms with Crippen LogP contribution in [0.4, 0.5) is 5.69 Å². The third-order valence-electron chi connectivity index (χ3n) is 4.37. The molecule has 6 heteroatoms. The minimum Gasteiger partial charge on any atom is -0.493 e. The lowest BCUT2D eigenvalue weighted by atomic mass is 10.1. The first-order chi connectivity index (χ1) is 12.7. The minimum atomic E-state index is -0.143. The highest BCUT2D eigenvalue weighted by Gasteiger charge is 2.17. The Bertz CT molecular complexity index is 1120. The van der Waals surface area contributed by atoms with E-state index in [1.807, 2.05) is 48.5 Å². The molecule has 0 aliphatic carbocycles. The standard InChI is InChI=1S/C20H15BrN2O3/c21-15-6-8-18-17(12-15)19(22-25)20(24)23(18)9-10-26-16-7-5-13-3-1-2-4-14(13)11-16/h1-8,11-12,24H,9-10H2. The van der Waals surface area contributed by atoms with E-state index in [9.17, 15) is 10.0 Å². The molecular formula is C20H15BrN2O3. The van der Waals surface area contributed by atoms with E-state index in [-0.39, 0.29) is 11.6 Å². The van der Waals surface area contributed by atoms with E-state index in [2.05, 4.69) is 27.2 Å². The topological polar surface area (TPSA) is 63.8 Å². The zero-order valence-electron chi connectivity index (χ0n) is 13.7. The monoisotopic (exact) mass is 410 g/mol.